The highest BCUT2D eigenvalue weighted by molar-refractivity contribution is 5.69. The molecule has 1 aromatic carbocycles. The number of rotatable bonds is 4. The van der Waals surface area contributed by atoms with Gasteiger partial charge in [0.25, 0.3) is 0 Å². The van der Waals surface area contributed by atoms with Crippen LogP contribution in [-0.2, 0) is 0 Å². The van der Waals surface area contributed by atoms with E-state index in [0.717, 1.165) is 11.8 Å². The predicted molar refractivity (Wildman–Crippen MR) is 75.7 cm³/mol. The second-order valence-electron chi connectivity index (χ2n) is 5.73. The monoisotopic (exact) mass is 232 g/mol. The van der Waals surface area contributed by atoms with Crippen LogP contribution in [0.4, 0.5) is 11.4 Å². The van der Waals surface area contributed by atoms with Crippen LogP contribution < -0.4 is 10.2 Å². The van der Waals surface area contributed by atoms with Crippen molar-refractivity contribution in [3.63, 3.8) is 0 Å². The molecule has 1 fully saturated rings. The molecule has 1 N–H and O–H groups in total. The topological polar surface area (TPSA) is 15.3 Å². The Bertz CT molecular complexity index is 365. The fraction of sp³-hybridized carbons (Fsp3) is 0.600. The third-order valence-corrected chi connectivity index (χ3v) is 3.86. The van der Waals surface area contributed by atoms with Crippen molar-refractivity contribution in [3.05, 3.63) is 24.3 Å². The second-order valence-corrected chi connectivity index (χ2v) is 5.73. The van der Waals surface area contributed by atoms with Gasteiger partial charge in [0.15, 0.2) is 0 Å². The lowest BCUT2D eigenvalue weighted by Crippen LogP contribution is -2.38. The SMILES string of the molecule is CC(C)C1CC(Nc2ccccc2N(C)C)C1. The lowest BCUT2D eigenvalue weighted by molar-refractivity contribution is 0.212. The molecule has 0 aromatic heterocycles. The van der Waals surface area contributed by atoms with Crippen LogP contribution in [0.2, 0.25) is 0 Å². The van der Waals surface area contributed by atoms with Crippen molar-refractivity contribution in [1.82, 2.24) is 0 Å². The summed E-state index contributed by atoms with van der Waals surface area (Å²) in [5.41, 5.74) is 2.55. The Morgan fingerprint density at radius 2 is 1.82 bits per heavy atom. The van der Waals surface area contributed by atoms with Gasteiger partial charge in [0.05, 0.1) is 11.4 Å². The molecular weight excluding hydrogens is 208 g/mol. The summed E-state index contributed by atoms with van der Waals surface area (Å²) in [5, 5.41) is 3.67. The highest BCUT2D eigenvalue weighted by Gasteiger charge is 2.31. The Morgan fingerprint density at radius 1 is 1.18 bits per heavy atom. The molecule has 1 aromatic rings. The molecule has 0 atom stereocenters. The molecule has 17 heavy (non-hydrogen) atoms. The summed E-state index contributed by atoms with van der Waals surface area (Å²) in [4.78, 5) is 2.17. The molecule has 0 amide bonds. The van der Waals surface area contributed by atoms with Crippen LogP contribution in [-0.4, -0.2) is 20.1 Å². The van der Waals surface area contributed by atoms with Gasteiger partial charge in [-0.15, -0.1) is 0 Å². The minimum atomic E-state index is 0.670. The van der Waals surface area contributed by atoms with Crippen LogP contribution in [0.15, 0.2) is 24.3 Å². The number of para-hydroxylation sites is 2. The Labute approximate surface area is 105 Å². The molecule has 0 aliphatic heterocycles. The van der Waals surface area contributed by atoms with Crippen LogP contribution in [0.5, 0.6) is 0 Å². The molecule has 2 rings (SSSR count). The van der Waals surface area contributed by atoms with E-state index in [9.17, 15) is 0 Å². The zero-order chi connectivity index (χ0) is 12.4. The molecule has 1 aliphatic carbocycles. The Morgan fingerprint density at radius 3 is 2.41 bits per heavy atom. The van der Waals surface area contributed by atoms with Gasteiger partial charge >= 0.3 is 0 Å². The molecular formula is C15H24N2. The molecule has 2 nitrogen and oxygen atoms in total. The van der Waals surface area contributed by atoms with Crippen molar-refractivity contribution in [1.29, 1.82) is 0 Å². The first-order valence-corrected chi connectivity index (χ1v) is 6.61. The van der Waals surface area contributed by atoms with Gasteiger partial charge in [0.2, 0.25) is 0 Å². The van der Waals surface area contributed by atoms with E-state index in [4.69, 9.17) is 0 Å². The van der Waals surface area contributed by atoms with E-state index in [1.54, 1.807) is 0 Å². The van der Waals surface area contributed by atoms with Crippen molar-refractivity contribution in [2.45, 2.75) is 32.7 Å². The van der Waals surface area contributed by atoms with E-state index >= 15 is 0 Å². The zero-order valence-corrected chi connectivity index (χ0v) is 11.4. The molecule has 94 valence electrons. The number of nitrogens with one attached hydrogen (secondary N) is 1. The van der Waals surface area contributed by atoms with Gasteiger partial charge in [0.1, 0.15) is 0 Å². The summed E-state index contributed by atoms with van der Waals surface area (Å²) in [6, 6.07) is 9.22. The molecule has 0 bridgehead atoms. The fourth-order valence-electron chi connectivity index (χ4n) is 2.53. The molecule has 1 saturated carbocycles. The second kappa shape index (κ2) is 4.99. The lowest BCUT2D eigenvalue weighted by atomic mass is 9.73. The largest absolute Gasteiger partial charge is 0.381 e. The summed E-state index contributed by atoms with van der Waals surface area (Å²) >= 11 is 0. The summed E-state index contributed by atoms with van der Waals surface area (Å²) in [6.45, 7) is 4.66. The van der Waals surface area contributed by atoms with Crippen molar-refractivity contribution in [2.24, 2.45) is 11.8 Å². The number of anilines is 2. The standard InChI is InChI=1S/C15H24N2/c1-11(2)12-9-13(10-12)16-14-7-5-6-8-15(14)17(3)4/h5-8,11-13,16H,9-10H2,1-4H3. The van der Waals surface area contributed by atoms with Crippen LogP contribution in [0.25, 0.3) is 0 Å². The molecule has 0 spiro atoms. The van der Waals surface area contributed by atoms with Crippen LogP contribution in [0.1, 0.15) is 26.7 Å². The first kappa shape index (κ1) is 12.3. The smallest absolute Gasteiger partial charge is 0.0596 e. The Balaban J connectivity index is 1.96. The number of hydrogen-bond donors (Lipinski definition) is 1. The highest BCUT2D eigenvalue weighted by Crippen LogP contribution is 2.37. The number of nitrogens with zero attached hydrogens (tertiary/aromatic N) is 1. The predicted octanol–water partition coefficient (Wildman–Crippen LogP) is 3.60. The summed E-state index contributed by atoms with van der Waals surface area (Å²) < 4.78 is 0. The third-order valence-electron chi connectivity index (χ3n) is 3.86. The Hall–Kier alpha value is -1.18. The maximum atomic E-state index is 3.67. The van der Waals surface area contributed by atoms with E-state index in [1.807, 2.05) is 0 Å². The molecule has 0 heterocycles. The quantitative estimate of drug-likeness (QED) is 0.853. The summed E-state index contributed by atoms with van der Waals surface area (Å²) in [7, 11) is 4.19. The van der Waals surface area contributed by atoms with Crippen LogP contribution in [0, 0.1) is 11.8 Å². The van der Waals surface area contributed by atoms with Crippen molar-refractivity contribution < 1.29 is 0 Å². The van der Waals surface area contributed by atoms with E-state index in [2.05, 4.69) is 62.4 Å². The van der Waals surface area contributed by atoms with Gasteiger partial charge < -0.3 is 10.2 Å². The molecule has 0 saturated heterocycles. The molecule has 2 heteroatoms. The molecule has 0 radical (unpaired) electrons. The maximum Gasteiger partial charge on any atom is 0.0596 e. The molecule has 0 unspecified atom stereocenters. The van der Waals surface area contributed by atoms with E-state index < -0.39 is 0 Å². The van der Waals surface area contributed by atoms with E-state index in [-0.39, 0.29) is 0 Å². The van der Waals surface area contributed by atoms with Gasteiger partial charge in [-0.2, -0.15) is 0 Å². The third kappa shape index (κ3) is 2.74. The maximum absolute atomic E-state index is 3.67. The van der Waals surface area contributed by atoms with Crippen molar-refractivity contribution >= 4 is 11.4 Å². The van der Waals surface area contributed by atoms with Gasteiger partial charge in [0, 0.05) is 20.1 Å². The summed E-state index contributed by atoms with van der Waals surface area (Å²) in [6.07, 6.45) is 2.64. The normalized spacial score (nSPS) is 23.4. The lowest BCUT2D eigenvalue weighted by Gasteiger charge is -2.39. The average molecular weight is 232 g/mol. The Kier molecular flexibility index (Phi) is 3.60. The van der Waals surface area contributed by atoms with Gasteiger partial charge in [-0.05, 0) is 36.8 Å². The van der Waals surface area contributed by atoms with E-state index in [1.165, 1.54) is 24.2 Å². The van der Waals surface area contributed by atoms with E-state index in [0.29, 0.717) is 6.04 Å². The zero-order valence-electron chi connectivity index (χ0n) is 11.4. The number of hydrogen-bond acceptors (Lipinski definition) is 2. The van der Waals surface area contributed by atoms with Gasteiger partial charge in [-0.25, -0.2) is 0 Å². The summed E-state index contributed by atoms with van der Waals surface area (Å²) in [5.74, 6) is 1.75. The minimum Gasteiger partial charge on any atom is -0.381 e. The minimum absolute atomic E-state index is 0.670. The fourth-order valence-corrected chi connectivity index (χ4v) is 2.53. The van der Waals surface area contributed by atoms with Crippen LogP contribution in [0.3, 0.4) is 0 Å². The molecule has 1 aliphatic rings. The van der Waals surface area contributed by atoms with Crippen LogP contribution >= 0.6 is 0 Å². The van der Waals surface area contributed by atoms with Gasteiger partial charge in [-0.1, -0.05) is 26.0 Å². The first-order chi connectivity index (χ1) is 8.08. The van der Waals surface area contributed by atoms with Crippen molar-refractivity contribution in [2.75, 3.05) is 24.3 Å². The first-order valence-electron chi connectivity index (χ1n) is 6.61. The average Bonchev–Trinajstić information content (AvgIpc) is 2.22. The highest BCUT2D eigenvalue weighted by atomic mass is 15.1. The number of benzene rings is 1. The van der Waals surface area contributed by atoms with Gasteiger partial charge in [-0.3, -0.25) is 0 Å². The van der Waals surface area contributed by atoms with Crippen molar-refractivity contribution in [3.8, 4) is 0 Å².